The van der Waals surface area contributed by atoms with E-state index in [2.05, 4.69) is 16.2 Å². The summed E-state index contributed by atoms with van der Waals surface area (Å²) >= 11 is 0. The summed E-state index contributed by atoms with van der Waals surface area (Å²) in [5.74, 6) is 1.37. The summed E-state index contributed by atoms with van der Waals surface area (Å²) in [4.78, 5) is 18.9. The minimum Gasteiger partial charge on any atom is -0.339 e. The van der Waals surface area contributed by atoms with Crippen LogP contribution in [0, 0.1) is 0 Å². The Bertz CT molecular complexity index is 902. The van der Waals surface area contributed by atoms with E-state index >= 15 is 0 Å². The second-order valence-corrected chi connectivity index (χ2v) is 6.17. The minimum absolute atomic E-state index is 0.130. The van der Waals surface area contributed by atoms with Crippen molar-refractivity contribution in [2.24, 2.45) is 0 Å². The number of fused-ring (bicyclic) bond motifs is 1. The molecule has 25 heavy (non-hydrogen) atoms. The van der Waals surface area contributed by atoms with E-state index in [0.717, 1.165) is 41.8 Å². The first-order valence-corrected chi connectivity index (χ1v) is 8.55. The number of carbonyl (C=O) groups excluding carboxylic acids is 1. The van der Waals surface area contributed by atoms with Gasteiger partial charge in [-0.15, -0.1) is 0 Å². The molecule has 126 valence electrons. The van der Waals surface area contributed by atoms with Gasteiger partial charge in [-0.2, -0.15) is 4.98 Å². The van der Waals surface area contributed by atoms with Gasteiger partial charge in [0.25, 0.3) is 0 Å². The molecule has 2 heterocycles. The van der Waals surface area contributed by atoms with Crippen molar-refractivity contribution in [3.8, 4) is 11.4 Å². The number of benzene rings is 2. The molecule has 1 aliphatic rings. The van der Waals surface area contributed by atoms with Crippen LogP contribution < -0.4 is 4.90 Å². The fraction of sp³-hybridized carbons (Fsp3) is 0.250. The third-order valence-electron chi connectivity index (χ3n) is 4.50. The highest BCUT2D eigenvalue weighted by Crippen LogP contribution is 2.32. The summed E-state index contributed by atoms with van der Waals surface area (Å²) in [5, 5.41) is 4.03. The topological polar surface area (TPSA) is 59.2 Å². The van der Waals surface area contributed by atoms with Gasteiger partial charge in [0.05, 0.1) is 6.42 Å². The average molecular weight is 333 g/mol. The zero-order valence-electron chi connectivity index (χ0n) is 14.1. The highest BCUT2D eigenvalue weighted by atomic mass is 16.5. The minimum atomic E-state index is 0.130. The number of rotatable bonds is 4. The molecule has 0 bridgehead atoms. The van der Waals surface area contributed by atoms with Gasteiger partial charge in [-0.3, -0.25) is 4.79 Å². The molecule has 3 aromatic rings. The zero-order valence-corrected chi connectivity index (χ0v) is 14.1. The molecule has 0 radical (unpaired) electrons. The van der Waals surface area contributed by atoms with Crippen LogP contribution in [0.5, 0.6) is 0 Å². The second-order valence-electron chi connectivity index (χ2n) is 6.17. The van der Waals surface area contributed by atoms with Gasteiger partial charge in [-0.1, -0.05) is 42.4 Å². The van der Waals surface area contributed by atoms with Crippen molar-refractivity contribution in [3.63, 3.8) is 0 Å². The van der Waals surface area contributed by atoms with Gasteiger partial charge in [-0.25, -0.2) is 0 Å². The molecule has 0 saturated carbocycles. The Labute approximate surface area is 146 Å². The van der Waals surface area contributed by atoms with Crippen LogP contribution in [0.2, 0.25) is 0 Å². The molecule has 0 atom stereocenters. The molecule has 0 fully saturated rings. The molecule has 0 saturated heterocycles. The third-order valence-corrected chi connectivity index (χ3v) is 4.50. The molecule has 0 unspecified atom stereocenters. The first-order chi connectivity index (χ1) is 12.2. The van der Waals surface area contributed by atoms with E-state index in [1.54, 1.807) is 0 Å². The molecule has 5 heteroatoms. The van der Waals surface area contributed by atoms with Gasteiger partial charge in [0.1, 0.15) is 0 Å². The predicted molar refractivity (Wildman–Crippen MR) is 95.3 cm³/mol. The number of hydrogen-bond donors (Lipinski definition) is 0. The molecule has 2 aromatic carbocycles. The largest absolute Gasteiger partial charge is 0.339 e. The van der Waals surface area contributed by atoms with Crippen molar-refractivity contribution in [2.45, 2.75) is 26.2 Å². The summed E-state index contributed by atoms with van der Waals surface area (Å²) in [6.07, 6.45) is 1.99. The summed E-state index contributed by atoms with van der Waals surface area (Å²) in [7, 11) is 0. The van der Waals surface area contributed by atoms with E-state index in [9.17, 15) is 4.79 Å². The smallest absolute Gasteiger partial charge is 0.231 e. The van der Waals surface area contributed by atoms with Crippen LogP contribution in [0.15, 0.2) is 53.1 Å². The van der Waals surface area contributed by atoms with Gasteiger partial charge in [0, 0.05) is 24.2 Å². The average Bonchev–Trinajstić information content (AvgIpc) is 3.29. The normalized spacial score (nSPS) is 13.1. The Kier molecular flexibility index (Phi) is 4.06. The van der Waals surface area contributed by atoms with Crippen LogP contribution in [0.3, 0.4) is 0 Å². The van der Waals surface area contributed by atoms with Crippen LogP contribution >= 0.6 is 0 Å². The van der Waals surface area contributed by atoms with Crippen molar-refractivity contribution in [3.05, 3.63) is 65.5 Å². The quantitative estimate of drug-likeness (QED) is 0.734. The first-order valence-electron chi connectivity index (χ1n) is 8.55. The molecule has 5 nitrogen and oxygen atoms in total. The van der Waals surface area contributed by atoms with E-state index in [-0.39, 0.29) is 5.91 Å². The number of nitrogens with zero attached hydrogens (tertiary/aromatic N) is 3. The van der Waals surface area contributed by atoms with Crippen LogP contribution in [0.4, 0.5) is 5.69 Å². The lowest BCUT2D eigenvalue weighted by molar-refractivity contribution is -0.117. The zero-order chi connectivity index (χ0) is 17.2. The lowest BCUT2D eigenvalue weighted by atomic mass is 10.1. The lowest BCUT2D eigenvalue weighted by Gasteiger charge is -2.17. The Morgan fingerprint density at radius 1 is 1.20 bits per heavy atom. The van der Waals surface area contributed by atoms with Gasteiger partial charge in [0.2, 0.25) is 17.6 Å². The molecule has 0 aliphatic carbocycles. The number of aromatic nitrogens is 2. The Balaban J connectivity index is 1.55. The Morgan fingerprint density at radius 2 is 2.04 bits per heavy atom. The predicted octanol–water partition coefficient (Wildman–Crippen LogP) is 3.43. The van der Waals surface area contributed by atoms with Crippen molar-refractivity contribution < 1.29 is 9.32 Å². The molecule has 1 amide bonds. The molecule has 0 N–H and O–H groups in total. The maximum atomic E-state index is 12.7. The monoisotopic (exact) mass is 333 g/mol. The van der Waals surface area contributed by atoms with Crippen LogP contribution in [-0.4, -0.2) is 22.6 Å². The summed E-state index contributed by atoms with van der Waals surface area (Å²) in [6, 6.07) is 15.9. The summed E-state index contributed by atoms with van der Waals surface area (Å²) < 4.78 is 5.19. The number of carbonyl (C=O) groups is 1. The SMILES string of the molecule is CCc1nc(-c2ccc3c(c2)CCN3C(=O)Cc2ccccc2)no1. The van der Waals surface area contributed by atoms with Gasteiger partial charge < -0.3 is 9.42 Å². The van der Waals surface area contributed by atoms with Crippen LogP contribution in [-0.2, 0) is 24.1 Å². The molecule has 1 aromatic heterocycles. The molecule has 0 spiro atoms. The van der Waals surface area contributed by atoms with Crippen molar-refractivity contribution in [1.82, 2.24) is 10.1 Å². The molecule has 1 aliphatic heterocycles. The van der Waals surface area contributed by atoms with E-state index in [1.165, 1.54) is 0 Å². The number of amides is 1. The standard InChI is InChI=1S/C20H19N3O2/c1-2-18-21-20(22-25-18)16-8-9-17-15(13-16)10-11-23(17)19(24)12-14-6-4-3-5-7-14/h3-9,13H,2,10-12H2,1H3. The number of hydrogen-bond acceptors (Lipinski definition) is 4. The highest BCUT2D eigenvalue weighted by molar-refractivity contribution is 5.97. The van der Waals surface area contributed by atoms with Crippen molar-refractivity contribution in [1.29, 1.82) is 0 Å². The molecule has 4 rings (SSSR count). The van der Waals surface area contributed by atoms with E-state index in [4.69, 9.17) is 4.52 Å². The van der Waals surface area contributed by atoms with E-state index < -0.39 is 0 Å². The third kappa shape index (κ3) is 3.05. The van der Waals surface area contributed by atoms with Crippen LogP contribution in [0.1, 0.15) is 23.9 Å². The highest BCUT2D eigenvalue weighted by Gasteiger charge is 2.25. The Hall–Kier alpha value is -2.95. The second kappa shape index (κ2) is 6.51. The summed E-state index contributed by atoms with van der Waals surface area (Å²) in [6.45, 7) is 2.70. The van der Waals surface area contributed by atoms with Gasteiger partial charge in [0.15, 0.2) is 0 Å². The fourth-order valence-corrected chi connectivity index (χ4v) is 3.18. The van der Waals surface area contributed by atoms with Crippen LogP contribution in [0.25, 0.3) is 11.4 Å². The fourth-order valence-electron chi connectivity index (χ4n) is 3.18. The molecular formula is C20H19N3O2. The van der Waals surface area contributed by atoms with E-state index in [0.29, 0.717) is 18.1 Å². The number of aryl methyl sites for hydroxylation is 1. The van der Waals surface area contributed by atoms with Crippen molar-refractivity contribution in [2.75, 3.05) is 11.4 Å². The van der Waals surface area contributed by atoms with Crippen molar-refractivity contribution >= 4 is 11.6 Å². The summed E-state index contributed by atoms with van der Waals surface area (Å²) in [5.41, 5.74) is 4.11. The van der Waals surface area contributed by atoms with E-state index in [1.807, 2.05) is 54.3 Å². The maximum Gasteiger partial charge on any atom is 0.231 e. The Morgan fingerprint density at radius 3 is 2.80 bits per heavy atom. The maximum absolute atomic E-state index is 12.7. The van der Waals surface area contributed by atoms with Gasteiger partial charge in [-0.05, 0) is 35.7 Å². The van der Waals surface area contributed by atoms with Gasteiger partial charge >= 0.3 is 0 Å². The first kappa shape index (κ1) is 15.6. The number of anilines is 1. The lowest BCUT2D eigenvalue weighted by Crippen LogP contribution is -2.30. The molecular weight excluding hydrogens is 314 g/mol.